The minimum Gasteiger partial charge on any atom is -0.477 e. The van der Waals surface area contributed by atoms with Gasteiger partial charge in [-0.15, -0.1) is 0 Å². The molecule has 1 rings (SSSR count). The molecule has 0 aliphatic carbocycles. The molecule has 1 heterocycles. The molecule has 1 aromatic heterocycles. The molecule has 0 aromatic carbocycles. The monoisotopic (exact) mass is 267 g/mol. The fraction of sp³-hybridized carbons (Fsp3) is 0.615. The first kappa shape index (κ1) is 15.4. The molecule has 0 spiro atoms. The SMILES string of the molecule is Cc1cc(C(=O)O)nc(NCC(O)CC(C)(C)C)n1. The minimum absolute atomic E-state index is 0.0286. The molecule has 1 aromatic rings. The highest BCUT2D eigenvalue weighted by Gasteiger charge is 2.17. The maximum Gasteiger partial charge on any atom is 0.354 e. The van der Waals surface area contributed by atoms with Crippen molar-refractivity contribution >= 4 is 11.9 Å². The summed E-state index contributed by atoms with van der Waals surface area (Å²) in [4.78, 5) is 18.8. The molecule has 0 radical (unpaired) electrons. The summed E-state index contributed by atoms with van der Waals surface area (Å²) in [7, 11) is 0. The quantitative estimate of drug-likeness (QED) is 0.751. The zero-order valence-corrected chi connectivity index (χ0v) is 11.8. The predicted octanol–water partition coefficient (Wildman–Crippen LogP) is 1.69. The van der Waals surface area contributed by atoms with E-state index in [0.29, 0.717) is 18.7 Å². The van der Waals surface area contributed by atoms with Crippen LogP contribution >= 0.6 is 0 Å². The molecule has 0 bridgehead atoms. The Labute approximate surface area is 112 Å². The van der Waals surface area contributed by atoms with Crippen molar-refractivity contribution in [2.75, 3.05) is 11.9 Å². The average Bonchev–Trinajstić information content (AvgIpc) is 2.23. The van der Waals surface area contributed by atoms with Gasteiger partial charge in [-0.25, -0.2) is 14.8 Å². The third kappa shape index (κ3) is 5.65. The summed E-state index contributed by atoms with van der Waals surface area (Å²) in [6.45, 7) is 8.12. The number of rotatable bonds is 5. The molecule has 3 N–H and O–H groups in total. The van der Waals surface area contributed by atoms with Gasteiger partial charge in [0.2, 0.25) is 5.95 Å². The number of aryl methyl sites for hydroxylation is 1. The Bertz CT molecular complexity index is 455. The highest BCUT2D eigenvalue weighted by Crippen LogP contribution is 2.20. The molecule has 1 atom stereocenters. The van der Waals surface area contributed by atoms with E-state index in [1.54, 1.807) is 6.92 Å². The van der Waals surface area contributed by atoms with Gasteiger partial charge in [-0.2, -0.15) is 0 Å². The fourth-order valence-electron chi connectivity index (χ4n) is 1.75. The van der Waals surface area contributed by atoms with Crippen LogP contribution in [0.1, 0.15) is 43.4 Å². The lowest BCUT2D eigenvalue weighted by Gasteiger charge is -2.22. The molecule has 19 heavy (non-hydrogen) atoms. The first-order valence-corrected chi connectivity index (χ1v) is 6.18. The Hall–Kier alpha value is -1.69. The number of carboxylic acid groups (broad SMARTS) is 1. The highest BCUT2D eigenvalue weighted by atomic mass is 16.4. The van der Waals surface area contributed by atoms with Crippen LogP contribution in [0.4, 0.5) is 5.95 Å². The van der Waals surface area contributed by atoms with Crippen LogP contribution in [0.2, 0.25) is 0 Å². The Kier molecular flexibility index (Phi) is 4.83. The molecule has 6 nitrogen and oxygen atoms in total. The number of carbonyl (C=O) groups is 1. The van der Waals surface area contributed by atoms with Crippen molar-refractivity contribution < 1.29 is 15.0 Å². The summed E-state index contributed by atoms with van der Waals surface area (Å²) < 4.78 is 0. The van der Waals surface area contributed by atoms with Crippen LogP contribution in [0.15, 0.2) is 6.07 Å². The minimum atomic E-state index is -1.09. The highest BCUT2D eigenvalue weighted by molar-refractivity contribution is 5.85. The zero-order valence-electron chi connectivity index (χ0n) is 11.8. The number of hydrogen-bond acceptors (Lipinski definition) is 5. The molecule has 1 unspecified atom stereocenters. The second-order valence-electron chi connectivity index (χ2n) is 5.82. The van der Waals surface area contributed by atoms with E-state index in [1.165, 1.54) is 6.07 Å². The van der Waals surface area contributed by atoms with E-state index in [2.05, 4.69) is 15.3 Å². The van der Waals surface area contributed by atoms with E-state index < -0.39 is 12.1 Å². The molecule has 0 saturated carbocycles. The second kappa shape index (κ2) is 5.97. The molecular weight excluding hydrogens is 246 g/mol. The lowest BCUT2D eigenvalue weighted by atomic mass is 9.89. The van der Waals surface area contributed by atoms with Crippen molar-refractivity contribution in [3.8, 4) is 0 Å². The summed E-state index contributed by atoms with van der Waals surface area (Å²) in [5.74, 6) is -0.867. The summed E-state index contributed by atoms with van der Waals surface area (Å²) in [6.07, 6.45) is 0.106. The van der Waals surface area contributed by atoms with Gasteiger partial charge in [0.05, 0.1) is 6.10 Å². The van der Waals surface area contributed by atoms with E-state index in [-0.39, 0.29) is 17.1 Å². The van der Waals surface area contributed by atoms with Crippen LogP contribution in [0.25, 0.3) is 0 Å². The third-order valence-corrected chi connectivity index (χ3v) is 2.42. The maximum atomic E-state index is 10.9. The Balaban J connectivity index is 2.65. The first-order chi connectivity index (χ1) is 8.67. The van der Waals surface area contributed by atoms with Crippen LogP contribution in [-0.4, -0.2) is 38.8 Å². The number of carboxylic acids is 1. The van der Waals surface area contributed by atoms with Crippen molar-refractivity contribution in [2.45, 2.75) is 40.2 Å². The van der Waals surface area contributed by atoms with Gasteiger partial charge in [0.15, 0.2) is 5.69 Å². The summed E-state index contributed by atoms with van der Waals surface area (Å²) >= 11 is 0. The predicted molar refractivity (Wildman–Crippen MR) is 72.3 cm³/mol. The van der Waals surface area contributed by atoms with Crippen molar-refractivity contribution in [1.29, 1.82) is 0 Å². The van der Waals surface area contributed by atoms with Gasteiger partial charge in [0, 0.05) is 12.2 Å². The lowest BCUT2D eigenvalue weighted by molar-refractivity contribution is 0.0690. The average molecular weight is 267 g/mol. The second-order valence-corrected chi connectivity index (χ2v) is 5.82. The Morgan fingerprint density at radius 3 is 2.58 bits per heavy atom. The molecule has 0 fully saturated rings. The number of aromatic nitrogens is 2. The maximum absolute atomic E-state index is 10.9. The molecule has 0 aliphatic heterocycles. The molecule has 0 amide bonds. The van der Waals surface area contributed by atoms with Crippen LogP contribution in [0, 0.1) is 12.3 Å². The van der Waals surface area contributed by atoms with Crippen molar-refractivity contribution in [3.05, 3.63) is 17.5 Å². The van der Waals surface area contributed by atoms with Crippen molar-refractivity contribution in [2.24, 2.45) is 5.41 Å². The fourth-order valence-corrected chi connectivity index (χ4v) is 1.75. The van der Waals surface area contributed by atoms with Gasteiger partial charge in [-0.05, 0) is 24.8 Å². The van der Waals surface area contributed by atoms with Gasteiger partial charge >= 0.3 is 5.97 Å². The van der Waals surface area contributed by atoms with E-state index in [4.69, 9.17) is 5.11 Å². The van der Waals surface area contributed by atoms with Crippen molar-refractivity contribution in [1.82, 2.24) is 9.97 Å². The summed E-state index contributed by atoms with van der Waals surface area (Å²) in [5, 5.41) is 21.6. The number of anilines is 1. The van der Waals surface area contributed by atoms with Gasteiger partial charge in [0.1, 0.15) is 0 Å². The number of aliphatic hydroxyl groups is 1. The summed E-state index contributed by atoms with van der Waals surface area (Å²) in [5.41, 5.74) is 0.543. The molecule has 6 heteroatoms. The van der Waals surface area contributed by atoms with Crippen LogP contribution in [0.3, 0.4) is 0 Å². The van der Waals surface area contributed by atoms with Gasteiger partial charge < -0.3 is 15.5 Å². The van der Waals surface area contributed by atoms with E-state index in [0.717, 1.165) is 0 Å². The number of hydrogen-bond donors (Lipinski definition) is 3. The number of aliphatic hydroxyl groups excluding tert-OH is 1. The topological polar surface area (TPSA) is 95.3 Å². The first-order valence-electron chi connectivity index (χ1n) is 6.18. The van der Waals surface area contributed by atoms with Crippen LogP contribution in [-0.2, 0) is 0 Å². The Morgan fingerprint density at radius 2 is 2.05 bits per heavy atom. The van der Waals surface area contributed by atoms with Gasteiger partial charge in [-0.1, -0.05) is 20.8 Å². The summed E-state index contributed by atoms with van der Waals surface area (Å²) in [6, 6.07) is 1.40. The van der Waals surface area contributed by atoms with Crippen LogP contribution in [0.5, 0.6) is 0 Å². The smallest absolute Gasteiger partial charge is 0.354 e. The van der Waals surface area contributed by atoms with Crippen LogP contribution < -0.4 is 5.32 Å². The standard InChI is InChI=1S/C13H21N3O3/c1-8-5-10(11(18)19)16-12(15-8)14-7-9(17)6-13(2,3)4/h5,9,17H,6-7H2,1-4H3,(H,18,19)(H,14,15,16). The van der Waals surface area contributed by atoms with Crippen molar-refractivity contribution in [3.63, 3.8) is 0 Å². The molecule has 0 saturated heterocycles. The number of nitrogens with one attached hydrogen (secondary N) is 1. The third-order valence-electron chi connectivity index (χ3n) is 2.42. The van der Waals surface area contributed by atoms with Gasteiger partial charge in [-0.3, -0.25) is 0 Å². The Morgan fingerprint density at radius 1 is 1.42 bits per heavy atom. The molecular formula is C13H21N3O3. The normalized spacial score (nSPS) is 13.1. The van der Waals surface area contributed by atoms with E-state index >= 15 is 0 Å². The van der Waals surface area contributed by atoms with E-state index in [9.17, 15) is 9.90 Å². The van der Waals surface area contributed by atoms with E-state index in [1.807, 2.05) is 20.8 Å². The molecule has 106 valence electrons. The molecule has 0 aliphatic rings. The number of aromatic carboxylic acids is 1. The zero-order chi connectivity index (χ0) is 14.6. The largest absolute Gasteiger partial charge is 0.477 e. The number of nitrogens with zero attached hydrogens (tertiary/aromatic N) is 2. The van der Waals surface area contributed by atoms with Gasteiger partial charge in [0.25, 0.3) is 0 Å². The lowest BCUT2D eigenvalue weighted by Crippen LogP contribution is -2.26.